The quantitative estimate of drug-likeness (QED) is 0.155. The minimum atomic E-state index is 0.0519. The highest BCUT2D eigenvalue weighted by molar-refractivity contribution is 7.26. The smallest absolute Gasteiger partial charge is 0.260 e. The topological polar surface area (TPSA) is 92.3 Å². The standard InChI is InChI=1S/2C30H19BO2.2C24H13BO2S.C24H15BO2/c1-3-9-20(10-4-1)22-17-18-26-25(19-22)31-24-14-7-13-23(21-11-5-2-6-12-21)30(24)33-28-16-8-15-27(32-26)29(28)31;1-3-8-20(9-4-1)22-15-17-26-25(18-22)31-24-16-14-23(21-10-5-2-6-11-21)19-29(24)33-28-13-7-12-27(32-26)30(28)31;1-4-11-22-14(6-1)15-12-21-17(13-23(15)28-22)25-16-7-2-3-8-18(16)26-19-9-5-10-20(27-21)24(19)25;1-4-11-20-14(6-1)22-21(28-20)13-12-16-24(22)27-19-10-5-9-18-23(19)25(16)15-7-2-3-8-17(15)26-18;1-2-7-16(8-3-1)17-13-14-21-19(15-17)25-18-9-4-5-10-20(18)26-22-11-6-12-23(27-21)24(22)25/h2*1-19H;2*1-13H;1-15H. The minimum Gasteiger partial charge on any atom is -0.458 e. The summed E-state index contributed by atoms with van der Waals surface area (Å²) in [6.45, 7) is 0.499. The van der Waals surface area contributed by atoms with Gasteiger partial charge >= 0.3 is 0 Å². The molecule has 10 aliphatic heterocycles. The summed E-state index contributed by atoms with van der Waals surface area (Å²) in [6, 6.07) is 166. The summed E-state index contributed by atoms with van der Waals surface area (Å²) in [5.41, 5.74) is 29.3. The lowest BCUT2D eigenvalue weighted by molar-refractivity contribution is 0.464. The van der Waals surface area contributed by atoms with E-state index in [1.165, 1.54) is 134 Å². The molecule has 10 nitrogen and oxygen atoms in total. The van der Waals surface area contributed by atoms with Gasteiger partial charge in [0.25, 0.3) is 33.6 Å². The fourth-order valence-electron chi connectivity index (χ4n) is 23.6. The highest BCUT2D eigenvalue weighted by Crippen LogP contribution is 2.48. The Morgan fingerprint density at radius 3 is 0.846 bits per heavy atom. The number of hydrogen-bond acceptors (Lipinski definition) is 12. The Balaban J connectivity index is 0.0000000859. The van der Waals surface area contributed by atoms with Gasteiger partial charge in [0.2, 0.25) is 0 Å². The molecule has 0 N–H and O–H groups in total. The number of para-hydroxylation sites is 4. The van der Waals surface area contributed by atoms with E-state index in [0.717, 1.165) is 159 Å². The summed E-state index contributed by atoms with van der Waals surface area (Å²) >= 11 is 3.67. The molecule has 0 aliphatic carbocycles. The maximum Gasteiger partial charge on any atom is 0.260 e. The van der Waals surface area contributed by atoms with Crippen LogP contribution in [0.2, 0.25) is 0 Å². The number of benzene rings is 22. The fraction of sp³-hybridized carbons (Fsp3) is 0. The average Bonchev–Trinajstić information content (AvgIpc) is 1.12. The van der Waals surface area contributed by atoms with Crippen molar-refractivity contribution in [2.75, 3.05) is 0 Å². The Morgan fingerprint density at radius 2 is 0.409 bits per heavy atom. The lowest BCUT2D eigenvalue weighted by Gasteiger charge is -2.34. The Kier molecular flexibility index (Phi) is 20.4. The maximum absolute atomic E-state index is 6.56. The van der Waals surface area contributed by atoms with Crippen molar-refractivity contribution in [1.82, 2.24) is 0 Å². The molecule has 0 spiro atoms. The van der Waals surface area contributed by atoms with Gasteiger partial charge in [0.05, 0.1) is 0 Å². The van der Waals surface area contributed by atoms with Gasteiger partial charge < -0.3 is 47.4 Å². The monoisotopic (exact) mass is 1940 g/mol. The van der Waals surface area contributed by atoms with Gasteiger partial charge in [0.15, 0.2) is 0 Å². The van der Waals surface area contributed by atoms with Crippen molar-refractivity contribution in [2.45, 2.75) is 0 Å². The molecular weight excluding hydrogens is 1860 g/mol. The van der Waals surface area contributed by atoms with Crippen molar-refractivity contribution in [3.63, 3.8) is 0 Å². The molecule has 12 heterocycles. The third kappa shape index (κ3) is 14.5. The van der Waals surface area contributed by atoms with Crippen LogP contribution in [0.25, 0.3) is 96.0 Å². The maximum atomic E-state index is 6.56. The molecule has 0 saturated carbocycles. The Bertz CT molecular complexity index is 9610. The molecule has 2 aromatic heterocycles. The molecular formula is C132H79B5O10S2. The molecule has 17 heteroatoms. The zero-order valence-corrected chi connectivity index (χ0v) is 81.5. The van der Waals surface area contributed by atoms with Crippen LogP contribution < -0.4 is 129 Å². The predicted molar refractivity (Wildman–Crippen MR) is 614 cm³/mol. The molecule has 694 valence electrons. The third-order valence-corrected chi connectivity index (χ3v) is 32.5. The second-order valence-corrected chi connectivity index (χ2v) is 40.8. The summed E-state index contributed by atoms with van der Waals surface area (Å²) in [4.78, 5) is 0. The lowest BCUT2D eigenvalue weighted by atomic mass is 9.34. The second kappa shape index (κ2) is 35.2. The molecule has 0 bridgehead atoms. The third-order valence-electron chi connectivity index (χ3n) is 30.3. The number of hydrogen-bond donors (Lipinski definition) is 0. The van der Waals surface area contributed by atoms with E-state index in [1.807, 2.05) is 162 Å². The molecule has 149 heavy (non-hydrogen) atoms. The van der Waals surface area contributed by atoms with Crippen molar-refractivity contribution >= 4 is 179 Å². The fourth-order valence-corrected chi connectivity index (χ4v) is 25.8. The molecule has 0 fully saturated rings. The number of thiophene rings is 2. The van der Waals surface area contributed by atoms with Crippen LogP contribution in [0, 0.1) is 0 Å². The van der Waals surface area contributed by atoms with Gasteiger partial charge in [-0.15, -0.1) is 22.7 Å². The van der Waals surface area contributed by atoms with E-state index in [1.54, 1.807) is 0 Å². The van der Waals surface area contributed by atoms with Gasteiger partial charge in [-0.05, 0) is 238 Å². The molecule has 0 saturated heterocycles. The first-order chi connectivity index (χ1) is 73.8. The average molecular weight is 1940 g/mol. The minimum absolute atomic E-state index is 0.0519. The van der Waals surface area contributed by atoms with E-state index in [2.05, 4.69) is 340 Å². The van der Waals surface area contributed by atoms with Gasteiger partial charge in [-0.2, -0.15) is 0 Å². The molecule has 0 radical (unpaired) electrons. The predicted octanol–water partition coefficient (Wildman–Crippen LogP) is 25.1. The van der Waals surface area contributed by atoms with Crippen LogP contribution in [-0.2, 0) is 0 Å². The zero-order chi connectivity index (χ0) is 97.8. The van der Waals surface area contributed by atoms with E-state index in [9.17, 15) is 0 Å². The van der Waals surface area contributed by atoms with Gasteiger partial charge in [-0.1, -0.05) is 346 Å². The van der Waals surface area contributed by atoms with Gasteiger partial charge in [0, 0.05) is 73.2 Å². The van der Waals surface area contributed by atoms with Crippen LogP contribution in [0.4, 0.5) is 0 Å². The molecule has 24 aromatic rings. The summed E-state index contributed by atoms with van der Waals surface area (Å²) in [6.07, 6.45) is 0. The Morgan fingerprint density at radius 1 is 0.134 bits per heavy atom. The Labute approximate surface area is 869 Å². The van der Waals surface area contributed by atoms with Crippen LogP contribution in [0.15, 0.2) is 479 Å². The van der Waals surface area contributed by atoms with Crippen molar-refractivity contribution in [1.29, 1.82) is 0 Å². The van der Waals surface area contributed by atoms with E-state index < -0.39 is 0 Å². The van der Waals surface area contributed by atoms with E-state index in [-0.39, 0.29) is 33.6 Å². The lowest BCUT2D eigenvalue weighted by Crippen LogP contribution is -2.57. The van der Waals surface area contributed by atoms with Crippen LogP contribution in [0.1, 0.15) is 0 Å². The van der Waals surface area contributed by atoms with Gasteiger partial charge in [0.1, 0.15) is 115 Å². The summed E-state index contributed by atoms with van der Waals surface area (Å²) in [7, 11) is 0. The van der Waals surface area contributed by atoms with Crippen molar-refractivity contribution in [3.8, 4) is 171 Å². The molecule has 0 amide bonds. The van der Waals surface area contributed by atoms with Crippen LogP contribution in [0.5, 0.6) is 115 Å². The first-order valence-electron chi connectivity index (χ1n) is 50.4. The van der Waals surface area contributed by atoms with Crippen molar-refractivity contribution < 1.29 is 47.4 Å². The van der Waals surface area contributed by atoms with Crippen LogP contribution in [-0.4, -0.2) is 33.6 Å². The molecule has 10 aliphatic rings. The first kappa shape index (κ1) is 86.1. The number of fused-ring (bicyclic) bond motifs is 27. The highest BCUT2D eigenvalue weighted by Gasteiger charge is 2.47. The molecule has 34 rings (SSSR count). The molecule has 22 aromatic carbocycles. The van der Waals surface area contributed by atoms with Gasteiger partial charge in [-0.25, -0.2) is 0 Å². The van der Waals surface area contributed by atoms with Crippen molar-refractivity contribution in [2.24, 2.45) is 0 Å². The largest absolute Gasteiger partial charge is 0.458 e. The molecule has 0 unspecified atom stereocenters. The summed E-state index contributed by atoms with van der Waals surface area (Å²) in [5.74, 6) is 18.1. The molecule has 0 atom stereocenters. The van der Waals surface area contributed by atoms with Gasteiger partial charge in [-0.3, -0.25) is 0 Å². The first-order valence-corrected chi connectivity index (χ1v) is 52.0. The van der Waals surface area contributed by atoms with Crippen LogP contribution >= 0.6 is 22.7 Å². The number of rotatable bonds is 5. The summed E-state index contributed by atoms with van der Waals surface area (Å²) < 4.78 is 68.6. The van der Waals surface area contributed by atoms with Crippen LogP contribution in [0.3, 0.4) is 0 Å². The Hall–Kier alpha value is -18.4. The normalized spacial score (nSPS) is 13.0. The van der Waals surface area contributed by atoms with E-state index in [0.29, 0.717) is 0 Å². The van der Waals surface area contributed by atoms with E-state index >= 15 is 0 Å². The number of ether oxygens (including phenoxy) is 10. The summed E-state index contributed by atoms with van der Waals surface area (Å²) in [5, 5.41) is 5.04. The second-order valence-electron chi connectivity index (χ2n) is 38.6. The zero-order valence-electron chi connectivity index (χ0n) is 79.9. The SMILES string of the molecule is c1ccc(-c2ccc3c(c2)B2c4cccc(-c5ccccc5)c4Oc4cccc(c42)O3)cc1.c1ccc(-c2ccc3c(c2)B2c4ccccc4Oc4cccc(c42)O3)cc1.c1ccc(-c2ccc3c(c2)Oc2cccc4c2B3c2cc(-c3ccccc3)ccc2O4)cc1.c1ccc2c(c1)Oc1cccc3c1B2c1cc2sc4ccccc4c2cc1O3.c1ccc2c(c1)Oc1cccc3c1B2c1ccc2sc4ccccc4c2c1O3. The highest BCUT2D eigenvalue weighted by atomic mass is 32.1. The van der Waals surface area contributed by atoms with E-state index in [4.69, 9.17) is 47.4 Å². The van der Waals surface area contributed by atoms with Crippen molar-refractivity contribution in [3.05, 3.63) is 479 Å².